The minimum absolute atomic E-state index is 0.0183. The van der Waals surface area contributed by atoms with E-state index in [0.717, 1.165) is 18.7 Å². The van der Waals surface area contributed by atoms with Gasteiger partial charge >= 0.3 is 5.97 Å². The number of likely N-dealkylation sites (N-methyl/N-ethyl adjacent to an activating group) is 1. The number of rotatable bonds is 2. The molecule has 1 amide bonds. The lowest BCUT2D eigenvalue weighted by molar-refractivity contribution is -0.153. The van der Waals surface area contributed by atoms with Gasteiger partial charge in [0.2, 0.25) is 5.91 Å². The molecule has 1 fully saturated rings. The van der Waals surface area contributed by atoms with E-state index in [1.165, 1.54) is 0 Å². The van der Waals surface area contributed by atoms with Crippen LogP contribution >= 0.6 is 0 Å². The molecule has 5 heteroatoms. The van der Waals surface area contributed by atoms with Gasteiger partial charge in [0.25, 0.3) is 0 Å². The molecule has 112 valence electrons. The van der Waals surface area contributed by atoms with Crippen LogP contribution in [0, 0.1) is 17.8 Å². The van der Waals surface area contributed by atoms with Crippen molar-refractivity contribution in [2.45, 2.75) is 20.3 Å². The number of piperazine rings is 1. The molecule has 0 unspecified atom stereocenters. The Hall–Kier alpha value is -1.36. The molecule has 1 aliphatic carbocycles. The van der Waals surface area contributed by atoms with Gasteiger partial charge in [-0.3, -0.25) is 9.59 Å². The van der Waals surface area contributed by atoms with Crippen molar-refractivity contribution in [2.75, 3.05) is 33.2 Å². The zero-order valence-corrected chi connectivity index (χ0v) is 12.5. The molecule has 0 aromatic heterocycles. The highest BCUT2D eigenvalue weighted by Gasteiger charge is 2.41. The zero-order valence-electron chi connectivity index (χ0n) is 12.5. The molecule has 1 heterocycles. The van der Waals surface area contributed by atoms with Gasteiger partial charge in [-0.05, 0) is 26.3 Å². The molecule has 2 aliphatic rings. The van der Waals surface area contributed by atoms with E-state index in [2.05, 4.69) is 4.90 Å². The number of carboxylic acid groups (broad SMARTS) is 1. The third-order valence-corrected chi connectivity index (χ3v) is 4.51. The van der Waals surface area contributed by atoms with E-state index in [0.29, 0.717) is 19.5 Å². The summed E-state index contributed by atoms with van der Waals surface area (Å²) in [7, 11) is 2.04. The molecule has 2 rings (SSSR count). The van der Waals surface area contributed by atoms with E-state index in [1.54, 1.807) is 0 Å². The van der Waals surface area contributed by atoms with Gasteiger partial charge in [0, 0.05) is 26.2 Å². The maximum atomic E-state index is 12.7. The van der Waals surface area contributed by atoms with Gasteiger partial charge in [0.15, 0.2) is 0 Å². The topological polar surface area (TPSA) is 60.9 Å². The Labute approximate surface area is 120 Å². The predicted molar refractivity (Wildman–Crippen MR) is 76.2 cm³/mol. The fraction of sp³-hybridized carbons (Fsp3) is 0.733. The summed E-state index contributed by atoms with van der Waals surface area (Å²) in [5, 5.41) is 9.45. The van der Waals surface area contributed by atoms with Crippen molar-refractivity contribution in [3.8, 4) is 0 Å². The van der Waals surface area contributed by atoms with E-state index in [1.807, 2.05) is 31.9 Å². The maximum absolute atomic E-state index is 12.7. The van der Waals surface area contributed by atoms with E-state index >= 15 is 0 Å². The smallest absolute Gasteiger partial charge is 0.307 e. The fourth-order valence-corrected chi connectivity index (χ4v) is 3.36. The van der Waals surface area contributed by atoms with Gasteiger partial charge in [-0.1, -0.05) is 18.6 Å². The Balaban J connectivity index is 2.14. The molecule has 0 aromatic rings. The Morgan fingerprint density at radius 1 is 1.25 bits per heavy atom. The zero-order chi connectivity index (χ0) is 14.9. The lowest BCUT2D eigenvalue weighted by atomic mass is 9.73. The number of carboxylic acids is 1. The van der Waals surface area contributed by atoms with Crippen LogP contribution < -0.4 is 0 Å². The Morgan fingerprint density at radius 2 is 1.85 bits per heavy atom. The van der Waals surface area contributed by atoms with Crippen molar-refractivity contribution in [1.29, 1.82) is 0 Å². The molecule has 0 aromatic carbocycles. The molecular weight excluding hydrogens is 256 g/mol. The van der Waals surface area contributed by atoms with E-state index < -0.39 is 17.8 Å². The Morgan fingerprint density at radius 3 is 2.40 bits per heavy atom. The van der Waals surface area contributed by atoms with Gasteiger partial charge < -0.3 is 14.9 Å². The third-order valence-electron chi connectivity index (χ3n) is 4.51. The summed E-state index contributed by atoms with van der Waals surface area (Å²) >= 11 is 0. The van der Waals surface area contributed by atoms with Crippen LogP contribution in [0.5, 0.6) is 0 Å². The van der Waals surface area contributed by atoms with E-state index in [4.69, 9.17) is 0 Å². The van der Waals surface area contributed by atoms with Gasteiger partial charge in [-0.2, -0.15) is 0 Å². The summed E-state index contributed by atoms with van der Waals surface area (Å²) in [5.74, 6) is -1.91. The molecule has 3 atom stereocenters. The van der Waals surface area contributed by atoms with Crippen LogP contribution in [0.4, 0.5) is 0 Å². The first kappa shape index (κ1) is 15.0. The van der Waals surface area contributed by atoms with Gasteiger partial charge in [-0.15, -0.1) is 0 Å². The first-order valence-electron chi connectivity index (χ1n) is 7.27. The largest absolute Gasteiger partial charge is 0.481 e. The second-order valence-electron chi connectivity index (χ2n) is 6.18. The Bertz CT molecular complexity index is 425. The third kappa shape index (κ3) is 3.03. The molecule has 1 aliphatic heterocycles. The molecule has 20 heavy (non-hydrogen) atoms. The molecule has 0 saturated carbocycles. The lowest BCUT2D eigenvalue weighted by Gasteiger charge is -2.38. The van der Waals surface area contributed by atoms with Crippen LogP contribution in [0.2, 0.25) is 0 Å². The molecule has 5 nitrogen and oxygen atoms in total. The number of nitrogens with zero attached hydrogens (tertiary/aromatic N) is 2. The van der Waals surface area contributed by atoms with E-state index in [-0.39, 0.29) is 11.8 Å². The SMILES string of the molecule is CC1=C[C@H](C)[C@H](C(=O)O)[C@H](C(=O)N2CCN(C)CC2)C1. The fourth-order valence-electron chi connectivity index (χ4n) is 3.36. The van der Waals surface area contributed by atoms with Crippen molar-refractivity contribution in [3.63, 3.8) is 0 Å². The number of amides is 1. The van der Waals surface area contributed by atoms with Crippen molar-refractivity contribution in [1.82, 2.24) is 9.80 Å². The minimum atomic E-state index is -0.853. The van der Waals surface area contributed by atoms with Crippen LogP contribution in [0.15, 0.2) is 11.6 Å². The minimum Gasteiger partial charge on any atom is -0.481 e. The monoisotopic (exact) mass is 280 g/mol. The van der Waals surface area contributed by atoms with Crippen molar-refractivity contribution in [3.05, 3.63) is 11.6 Å². The van der Waals surface area contributed by atoms with Crippen LogP contribution in [0.1, 0.15) is 20.3 Å². The number of hydrogen-bond donors (Lipinski definition) is 1. The number of allylic oxidation sites excluding steroid dienone is 2. The van der Waals surface area contributed by atoms with Crippen LogP contribution in [-0.2, 0) is 9.59 Å². The standard InChI is InChI=1S/C15H24N2O3/c1-10-8-11(2)13(15(19)20)12(9-10)14(18)17-6-4-16(3)5-7-17/h8,11-13H,4-7,9H2,1-3H3,(H,19,20)/t11-,12+,13-/m0/s1. The average molecular weight is 280 g/mol. The Kier molecular flexibility index (Phi) is 4.48. The molecular formula is C15H24N2O3. The average Bonchev–Trinajstić information content (AvgIpc) is 2.37. The van der Waals surface area contributed by atoms with Gasteiger partial charge in [0.1, 0.15) is 0 Å². The second kappa shape index (κ2) is 5.95. The van der Waals surface area contributed by atoms with Crippen LogP contribution in [-0.4, -0.2) is 60.0 Å². The molecule has 0 radical (unpaired) electrons. The normalized spacial score (nSPS) is 31.9. The van der Waals surface area contributed by atoms with E-state index in [9.17, 15) is 14.7 Å². The highest BCUT2D eigenvalue weighted by atomic mass is 16.4. The summed E-state index contributed by atoms with van der Waals surface area (Å²) in [6, 6.07) is 0. The highest BCUT2D eigenvalue weighted by Crippen LogP contribution is 2.35. The quantitative estimate of drug-likeness (QED) is 0.769. The van der Waals surface area contributed by atoms with Crippen molar-refractivity contribution in [2.24, 2.45) is 17.8 Å². The highest BCUT2D eigenvalue weighted by molar-refractivity contribution is 5.85. The number of carbonyl (C=O) groups is 2. The molecule has 1 saturated heterocycles. The van der Waals surface area contributed by atoms with Crippen LogP contribution in [0.3, 0.4) is 0 Å². The summed E-state index contributed by atoms with van der Waals surface area (Å²) in [6.07, 6.45) is 2.57. The maximum Gasteiger partial charge on any atom is 0.307 e. The lowest BCUT2D eigenvalue weighted by Crippen LogP contribution is -2.51. The first-order valence-corrected chi connectivity index (χ1v) is 7.27. The summed E-state index contributed by atoms with van der Waals surface area (Å²) < 4.78 is 0. The van der Waals surface area contributed by atoms with Gasteiger partial charge in [-0.25, -0.2) is 0 Å². The van der Waals surface area contributed by atoms with Crippen molar-refractivity contribution < 1.29 is 14.7 Å². The molecule has 1 N–H and O–H groups in total. The first-order chi connectivity index (χ1) is 9.40. The number of aliphatic carboxylic acids is 1. The molecule has 0 spiro atoms. The predicted octanol–water partition coefficient (Wildman–Crippen LogP) is 1.06. The number of hydrogen-bond acceptors (Lipinski definition) is 3. The molecule has 0 bridgehead atoms. The second-order valence-corrected chi connectivity index (χ2v) is 6.18. The van der Waals surface area contributed by atoms with Crippen molar-refractivity contribution >= 4 is 11.9 Å². The summed E-state index contributed by atoms with van der Waals surface area (Å²) in [4.78, 5) is 28.2. The number of carbonyl (C=O) groups excluding carboxylic acids is 1. The van der Waals surface area contributed by atoms with Crippen LogP contribution in [0.25, 0.3) is 0 Å². The van der Waals surface area contributed by atoms with Gasteiger partial charge in [0.05, 0.1) is 11.8 Å². The summed E-state index contributed by atoms with van der Waals surface area (Å²) in [6.45, 7) is 7.01. The summed E-state index contributed by atoms with van der Waals surface area (Å²) in [5.41, 5.74) is 1.13.